The first-order chi connectivity index (χ1) is 17.4. The van der Waals surface area contributed by atoms with E-state index in [1.165, 1.54) is 6.08 Å². The Morgan fingerprint density at radius 2 is 1.92 bits per heavy atom. The lowest BCUT2D eigenvalue weighted by atomic mass is 9.75. The Kier molecular flexibility index (Phi) is 6.31. The molecule has 1 amide bonds. The fourth-order valence-corrected chi connectivity index (χ4v) is 5.73. The normalized spacial score (nSPS) is 15.5. The van der Waals surface area contributed by atoms with Gasteiger partial charge in [0.1, 0.15) is 5.52 Å². The van der Waals surface area contributed by atoms with Gasteiger partial charge in [0.25, 0.3) is 0 Å². The maximum Gasteiger partial charge on any atom is 0.328 e. The number of nitrogens with zero attached hydrogens (tertiary/aromatic N) is 3. The maximum absolute atomic E-state index is 15.9. The highest BCUT2D eigenvalue weighted by Gasteiger charge is 2.39. The van der Waals surface area contributed by atoms with Crippen LogP contribution in [-0.2, 0) is 23.1 Å². The number of hydrogen-bond acceptors (Lipinski definition) is 3. The molecule has 0 bridgehead atoms. The van der Waals surface area contributed by atoms with Gasteiger partial charge in [-0.05, 0) is 60.1 Å². The highest BCUT2D eigenvalue weighted by Crippen LogP contribution is 2.41. The summed E-state index contributed by atoms with van der Waals surface area (Å²) in [5.41, 5.74) is 2.22. The number of carboxylic acid groups (broad SMARTS) is 1. The minimum absolute atomic E-state index is 0.289. The minimum Gasteiger partial charge on any atom is -0.478 e. The quantitative estimate of drug-likeness (QED) is 0.262. The van der Waals surface area contributed by atoms with Crippen LogP contribution in [0.15, 0.2) is 60.8 Å². The lowest BCUT2D eigenvalue weighted by Gasteiger charge is -2.45. The summed E-state index contributed by atoms with van der Waals surface area (Å²) in [6.45, 7) is 0. The zero-order valence-corrected chi connectivity index (χ0v) is 20.2. The van der Waals surface area contributed by atoms with Crippen LogP contribution in [-0.4, -0.2) is 32.8 Å². The van der Waals surface area contributed by atoms with Crippen LogP contribution in [0.2, 0.25) is 0 Å². The number of hydrogen-bond donors (Lipinski definition) is 1. The van der Waals surface area contributed by atoms with Gasteiger partial charge < -0.3 is 10.0 Å². The number of carbonyl (C=O) groups is 2. The molecule has 0 spiro atoms. The van der Waals surface area contributed by atoms with Gasteiger partial charge in [-0.25, -0.2) is 9.18 Å². The van der Waals surface area contributed by atoms with Crippen molar-refractivity contribution in [2.45, 2.75) is 44.1 Å². The molecule has 6 nitrogen and oxygen atoms in total. The predicted octanol–water partition coefficient (Wildman–Crippen LogP) is 5.87. The number of aliphatic carboxylic acids is 1. The molecule has 1 saturated carbocycles. The lowest BCUT2D eigenvalue weighted by molar-refractivity contribution is -0.131. The van der Waals surface area contributed by atoms with Crippen molar-refractivity contribution in [3.63, 3.8) is 0 Å². The van der Waals surface area contributed by atoms with Crippen molar-refractivity contribution in [3.8, 4) is 0 Å². The van der Waals surface area contributed by atoms with E-state index >= 15 is 4.39 Å². The fourth-order valence-electron chi connectivity index (χ4n) is 5.73. The first kappa shape index (κ1) is 23.7. The number of benzene rings is 3. The Balaban J connectivity index is 1.62. The third kappa shape index (κ3) is 4.26. The topological polar surface area (TPSA) is 75.4 Å². The number of fused-ring (bicyclic) bond motifs is 2. The highest BCUT2D eigenvalue weighted by molar-refractivity contribution is 5.99. The molecule has 4 aromatic rings. The zero-order chi connectivity index (χ0) is 25.3. The second kappa shape index (κ2) is 9.57. The van der Waals surface area contributed by atoms with Crippen LogP contribution in [0.4, 0.5) is 10.1 Å². The number of halogens is 1. The van der Waals surface area contributed by atoms with Crippen molar-refractivity contribution >= 4 is 45.8 Å². The highest BCUT2D eigenvalue weighted by atomic mass is 19.1. The van der Waals surface area contributed by atoms with Gasteiger partial charge in [0, 0.05) is 29.6 Å². The molecule has 5 rings (SSSR count). The van der Waals surface area contributed by atoms with E-state index in [0.29, 0.717) is 28.6 Å². The molecule has 0 atom stereocenters. The standard InChI is InChI=1S/C29H28FN3O3/c1-32-28-23(18-31-32)16-21-8-6-9-22(26(21)27(28)30)17-29(13-3-2-4-14-29)33(19-34)24-10-5-7-20(15-24)11-12-25(35)36/h5-12,15-16,18-19H,2-4,13-14,17H2,1H3,(H,35,36)/b12-11+. The summed E-state index contributed by atoms with van der Waals surface area (Å²) in [5.74, 6) is -1.32. The number of carboxylic acids is 1. The summed E-state index contributed by atoms with van der Waals surface area (Å²) in [6.07, 6.45) is 10.3. The summed E-state index contributed by atoms with van der Waals surface area (Å²) in [7, 11) is 1.74. The minimum atomic E-state index is -1.03. The number of aromatic nitrogens is 2. The monoisotopic (exact) mass is 485 g/mol. The third-order valence-electron chi connectivity index (χ3n) is 7.38. The van der Waals surface area contributed by atoms with E-state index < -0.39 is 11.5 Å². The molecule has 1 N–H and O–H groups in total. The maximum atomic E-state index is 15.9. The smallest absolute Gasteiger partial charge is 0.328 e. The van der Waals surface area contributed by atoms with E-state index in [1.807, 2.05) is 42.5 Å². The first-order valence-corrected chi connectivity index (χ1v) is 12.2. The molecule has 0 aliphatic heterocycles. The van der Waals surface area contributed by atoms with Gasteiger partial charge in [0.05, 0.1) is 11.7 Å². The lowest BCUT2D eigenvalue weighted by Crippen LogP contribution is -2.51. The molecule has 1 fully saturated rings. The molecule has 1 aliphatic rings. The summed E-state index contributed by atoms with van der Waals surface area (Å²) in [5, 5.41) is 15.4. The van der Waals surface area contributed by atoms with Crippen LogP contribution in [0, 0.1) is 5.82 Å². The number of amides is 1. The second-order valence-corrected chi connectivity index (χ2v) is 9.62. The average molecular weight is 486 g/mol. The molecular formula is C29H28FN3O3. The number of carbonyl (C=O) groups excluding carboxylic acids is 1. The predicted molar refractivity (Wildman–Crippen MR) is 139 cm³/mol. The van der Waals surface area contributed by atoms with Gasteiger partial charge in [-0.1, -0.05) is 49.6 Å². The largest absolute Gasteiger partial charge is 0.478 e. The van der Waals surface area contributed by atoms with E-state index in [9.17, 15) is 9.59 Å². The number of anilines is 1. The Hall–Kier alpha value is -4.00. The molecule has 36 heavy (non-hydrogen) atoms. The molecule has 1 aliphatic carbocycles. The summed E-state index contributed by atoms with van der Waals surface area (Å²) in [6, 6.07) is 15.1. The van der Waals surface area contributed by atoms with Crippen LogP contribution in [0.25, 0.3) is 27.8 Å². The van der Waals surface area contributed by atoms with Crippen molar-refractivity contribution in [1.29, 1.82) is 0 Å². The molecule has 1 aromatic heterocycles. The SMILES string of the molecule is Cn1ncc2cc3cccc(CC4(N(C=O)c5cccc(/C=C/C(=O)O)c5)CCCCC4)c3c(F)c21. The second-order valence-electron chi connectivity index (χ2n) is 9.62. The summed E-state index contributed by atoms with van der Waals surface area (Å²) in [4.78, 5) is 25.4. The molecular weight excluding hydrogens is 457 g/mol. The fraction of sp³-hybridized carbons (Fsp3) is 0.276. The van der Waals surface area contributed by atoms with Crippen molar-refractivity contribution in [3.05, 3.63) is 77.7 Å². The molecule has 0 radical (unpaired) electrons. The average Bonchev–Trinajstić information content (AvgIpc) is 3.24. The van der Waals surface area contributed by atoms with Gasteiger partial charge in [-0.2, -0.15) is 5.10 Å². The van der Waals surface area contributed by atoms with Crippen molar-refractivity contribution in [1.82, 2.24) is 9.78 Å². The van der Waals surface area contributed by atoms with Gasteiger partial charge in [-0.15, -0.1) is 0 Å². The Labute approximate surface area is 208 Å². The van der Waals surface area contributed by atoms with Crippen LogP contribution in [0.1, 0.15) is 43.2 Å². The Morgan fingerprint density at radius 1 is 1.14 bits per heavy atom. The molecule has 7 heteroatoms. The number of aryl methyl sites for hydroxylation is 1. The molecule has 1 heterocycles. The van der Waals surface area contributed by atoms with Crippen LogP contribution < -0.4 is 4.90 Å². The zero-order valence-electron chi connectivity index (χ0n) is 20.2. The van der Waals surface area contributed by atoms with E-state index in [2.05, 4.69) is 5.10 Å². The van der Waals surface area contributed by atoms with E-state index in [0.717, 1.165) is 60.9 Å². The van der Waals surface area contributed by atoms with Gasteiger partial charge in [0.15, 0.2) is 5.82 Å². The van der Waals surface area contributed by atoms with E-state index in [-0.39, 0.29) is 5.82 Å². The van der Waals surface area contributed by atoms with Gasteiger partial charge in [0.2, 0.25) is 6.41 Å². The van der Waals surface area contributed by atoms with E-state index in [1.54, 1.807) is 28.9 Å². The molecule has 0 saturated heterocycles. The van der Waals surface area contributed by atoms with Crippen LogP contribution in [0.5, 0.6) is 0 Å². The Bertz CT molecular complexity index is 1480. The summed E-state index contributed by atoms with van der Waals surface area (Å²) < 4.78 is 17.5. The molecule has 3 aromatic carbocycles. The van der Waals surface area contributed by atoms with Gasteiger partial charge in [-0.3, -0.25) is 9.48 Å². The molecule has 184 valence electrons. The van der Waals surface area contributed by atoms with Crippen molar-refractivity contribution in [2.75, 3.05) is 4.90 Å². The first-order valence-electron chi connectivity index (χ1n) is 12.2. The third-order valence-corrected chi connectivity index (χ3v) is 7.38. The van der Waals surface area contributed by atoms with Crippen LogP contribution in [0.3, 0.4) is 0 Å². The molecule has 0 unspecified atom stereocenters. The summed E-state index contributed by atoms with van der Waals surface area (Å²) >= 11 is 0. The van der Waals surface area contributed by atoms with E-state index in [4.69, 9.17) is 5.11 Å². The van der Waals surface area contributed by atoms with Crippen molar-refractivity contribution < 1.29 is 19.1 Å². The van der Waals surface area contributed by atoms with Crippen LogP contribution >= 0.6 is 0 Å². The van der Waals surface area contributed by atoms with Gasteiger partial charge >= 0.3 is 5.97 Å². The van der Waals surface area contributed by atoms with Crippen molar-refractivity contribution in [2.24, 2.45) is 7.05 Å². The Morgan fingerprint density at radius 3 is 2.67 bits per heavy atom. The number of rotatable bonds is 7.